The Labute approximate surface area is 93.6 Å². The van der Waals surface area contributed by atoms with Gasteiger partial charge in [-0.3, -0.25) is 4.79 Å². The summed E-state index contributed by atoms with van der Waals surface area (Å²) in [7, 11) is 0. The number of aromatic amines is 1. The third-order valence-electron chi connectivity index (χ3n) is 1.71. The van der Waals surface area contributed by atoms with Gasteiger partial charge in [-0.25, -0.2) is 4.79 Å². The molecule has 1 aromatic rings. The summed E-state index contributed by atoms with van der Waals surface area (Å²) in [5.41, 5.74) is -2.71. The Balaban J connectivity index is 2.98. The van der Waals surface area contributed by atoms with Crippen molar-refractivity contribution in [3.8, 4) is 5.75 Å². The lowest BCUT2D eigenvalue weighted by atomic mass is 10.2. The lowest BCUT2D eigenvalue weighted by Gasteiger charge is -2.08. The van der Waals surface area contributed by atoms with Gasteiger partial charge in [-0.15, -0.1) is 0 Å². The number of amides is 1. The Kier molecular flexibility index (Phi) is 3.77. The van der Waals surface area contributed by atoms with Gasteiger partial charge in [0.05, 0.1) is 0 Å². The summed E-state index contributed by atoms with van der Waals surface area (Å²) in [4.78, 5) is 23.7. The van der Waals surface area contributed by atoms with Crippen LogP contribution in [-0.2, 0) is 6.18 Å². The van der Waals surface area contributed by atoms with E-state index in [1.165, 1.54) is 0 Å². The van der Waals surface area contributed by atoms with Crippen molar-refractivity contribution >= 4 is 6.09 Å². The minimum atomic E-state index is -4.80. The quantitative estimate of drug-likeness (QED) is 0.835. The molecule has 5 nitrogen and oxygen atoms in total. The predicted octanol–water partition coefficient (Wildman–Crippen LogP) is 1.50. The summed E-state index contributed by atoms with van der Waals surface area (Å²) in [6.07, 6.45) is -4.81. The van der Waals surface area contributed by atoms with Gasteiger partial charge in [0.1, 0.15) is 11.3 Å². The highest BCUT2D eigenvalue weighted by Crippen LogP contribution is 2.28. The van der Waals surface area contributed by atoms with Crippen LogP contribution in [0.1, 0.15) is 12.5 Å². The molecule has 0 radical (unpaired) electrons. The molecule has 17 heavy (non-hydrogen) atoms. The summed E-state index contributed by atoms with van der Waals surface area (Å²) < 4.78 is 41.5. The first-order valence-electron chi connectivity index (χ1n) is 4.60. The van der Waals surface area contributed by atoms with Crippen LogP contribution in [0.5, 0.6) is 5.75 Å². The molecular formula is C9H9F3N2O3. The van der Waals surface area contributed by atoms with Crippen molar-refractivity contribution in [3.05, 3.63) is 28.2 Å². The lowest BCUT2D eigenvalue weighted by Crippen LogP contribution is -2.27. The number of H-pyrrole nitrogens is 1. The number of ether oxygens (including phenoxy) is 1. The molecule has 0 saturated carbocycles. The van der Waals surface area contributed by atoms with E-state index in [0.717, 1.165) is 6.20 Å². The second-order valence-corrected chi connectivity index (χ2v) is 3.00. The van der Waals surface area contributed by atoms with E-state index in [1.807, 2.05) is 4.98 Å². The van der Waals surface area contributed by atoms with Crippen molar-refractivity contribution < 1.29 is 22.7 Å². The molecule has 0 aliphatic heterocycles. The fourth-order valence-corrected chi connectivity index (χ4v) is 1.02. The Morgan fingerprint density at radius 2 is 2.18 bits per heavy atom. The van der Waals surface area contributed by atoms with Crippen molar-refractivity contribution in [2.45, 2.75) is 13.1 Å². The summed E-state index contributed by atoms with van der Waals surface area (Å²) in [6, 6.07) is 0.466. The molecule has 8 heteroatoms. The maximum Gasteiger partial charge on any atom is 0.421 e. The van der Waals surface area contributed by atoms with E-state index in [2.05, 4.69) is 10.1 Å². The molecule has 94 valence electrons. The number of pyridine rings is 1. The molecule has 1 rings (SSSR count). The SMILES string of the molecule is CCNC(=O)Oc1c[nH]c(=O)c(C(F)(F)F)c1. The van der Waals surface area contributed by atoms with Crippen LogP contribution in [-0.4, -0.2) is 17.6 Å². The molecular weight excluding hydrogens is 241 g/mol. The van der Waals surface area contributed by atoms with E-state index < -0.39 is 23.4 Å². The second kappa shape index (κ2) is 4.89. The van der Waals surface area contributed by atoms with E-state index in [9.17, 15) is 22.8 Å². The average molecular weight is 250 g/mol. The summed E-state index contributed by atoms with van der Waals surface area (Å²) in [5.74, 6) is -0.386. The van der Waals surface area contributed by atoms with Crippen LogP contribution in [0.15, 0.2) is 17.1 Å². The van der Waals surface area contributed by atoms with Gasteiger partial charge in [-0.1, -0.05) is 0 Å². The van der Waals surface area contributed by atoms with Gasteiger partial charge in [-0.2, -0.15) is 13.2 Å². The highest BCUT2D eigenvalue weighted by Gasteiger charge is 2.34. The van der Waals surface area contributed by atoms with E-state index in [1.54, 1.807) is 6.92 Å². The predicted molar refractivity (Wildman–Crippen MR) is 51.8 cm³/mol. The van der Waals surface area contributed by atoms with E-state index in [0.29, 0.717) is 6.07 Å². The fraction of sp³-hybridized carbons (Fsp3) is 0.333. The van der Waals surface area contributed by atoms with Crippen molar-refractivity contribution in [2.24, 2.45) is 0 Å². The zero-order valence-corrected chi connectivity index (χ0v) is 8.72. The van der Waals surface area contributed by atoms with Gasteiger partial charge in [0.15, 0.2) is 0 Å². The monoisotopic (exact) mass is 250 g/mol. The molecule has 1 heterocycles. The van der Waals surface area contributed by atoms with Gasteiger partial charge < -0.3 is 15.0 Å². The second-order valence-electron chi connectivity index (χ2n) is 3.00. The van der Waals surface area contributed by atoms with E-state index in [-0.39, 0.29) is 12.3 Å². The molecule has 0 atom stereocenters. The Morgan fingerprint density at radius 3 is 2.71 bits per heavy atom. The van der Waals surface area contributed by atoms with Crippen molar-refractivity contribution in [2.75, 3.05) is 6.54 Å². The largest absolute Gasteiger partial charge is 0.421 e. The molecule has 0 bridgehead atoms. The average Bonchev–Trinajstić information content (AvgIpc) is 2.19. The number of halogens is 3. The molecule has 1 amide bonds. The van der Waals surface area contributed by atoms with Crippen LogP contribution in [0, 0.1) is 0 Å². The highest BCUT2D eigenvalue weighted by molar-refractivity contribution is 5.70. The number of nitrogens with one attached hydrogen (secondary N) is 2. The van der Waals surface area contributed by atoms with Gasteiger partial charge in [-0.05, 0) is 6.92 Å². The maximum absolute atomic E-state index is 12.3. The van der Waals surface area contributed by atoms with E-state index >= 15 is 0 Å². The van der Waals surface area contributed by atoms with Crippen LogP contribution >= 0.6 is 0 Å². The summed E-state index contributed by atoms with van der Waals surface area (Å²) >= 11 is 0. The number of rotatable bonds is 2. The standard InChI is InChI=1S/C9H9F3N2O3/c1-2-13-8(16)17-5-3-6(9(10,11)12)7(15)14-4-5/h3-4H,2H2,1H3,(H,13,16)(H,14,15). The summed E-state index contributed by atoms with van der Waals surface area (Å²) in [6.45, 7) is 1.89. The minimum absolute atomic E-state index is 0.272. The lowest BCUT2D eigenvalue weighted by molar-refractivity contribution is -0.138. The van der Waals surface area contributed by atoms with Crippen LogP contribution in [0.4, 0.5) is 18.0 Å². The number of carbonyl (C=O) groups excluding carboxylic acids is 1. The molecule has 0 aliphatic carbocycles. The fourth-order valence-electron chi connectivity index (χ4n) is 1.02. The number of hydrogen-bond donors (Lipinski definition) is 2. The van der Waals surface area contributed by atoms with Crippen LogP contribution < -0.4 is 15.6 Å². The molecule has 0 fully saturated rings. The first-order chi connectivity index (χ1) is 7.84. The molecule has 2 N–H and O–H groups in total. The third kappa shape index (κ3) is 3.51. The van der Waals surface area contributed by atoms with Gasteiger partial charge >= 0.3 is 12.3 Å². The Bertz CT molecular complexity index is 467. The molecule has 0 saturated heterocycles. The summed E-state index contributed by atoms with van der Waals surface area (Å²) in [5, 5.41) is 2.23. The molecule has 0 spiro atoms. The van der Waals surface area contributed by atoms with Gasteiger partial charge in [0, 0.05) is 18.8 Å². The third-order valence-corrected chi connectivity index (χ3v) is 1.71. The topological polar surface area (TPSA) is 71.2 Å². The maximum atomic E-state index is 12.3. The Hall–Kier alpha value is -1.99. The first-order valence-corrected chi connectivity index (χ1v) is 4.60. The smallest absolute Gasteiger partial charge is 0.409 e. The van der Waals surface area contributed by atoms with Crippen molar-refractivity contribution in [1.29, 1.82) is 0 Å². The van der Waals surface area contributed by atoms with E-state index in [4.69, 9.17) is 0 Å². The zero-order valence-electron chi connectivity index (χ0n) is 8.72. The number of carbonyl (C=O) groups is 1. The number of alkyl halides is 3. The van der Waals surface area contributed by atoms with Crippen LogP contribution in [0.3, 0.4) is 0 Å². The highest BCUT2D eigenvalue weighted by atomic mass is 19.4. The van der Waals surface area contributed by atoms with Gasteiger partial charge in [0.25, 0.3) is 5.56 Å². The molecule has 0 aliphatic rings. The first kappa shape index (κ1) is 13.1. The molecule has 0 aromatic carbocycles. The zero-order chi connectivity index (χ0) is 13.1. The Morgan fingerprint density at radius 1 is 1.53 bits per heavy atom. The van der Waals surface area contributed by atoms with Crippen LogP contribution in [0.2, 0.25) is 0 Å². The number of hydrogen-bond acceptors (Lipinski definition) is 3. The van der Waals surface area contributed by atoms with Crippen molar-refractivity contribution in [3.63, 3.8) is 0 Å². The minimum Gasteiger partial charge on any atom is -0.409 e. The number of aromatic nitrogens is 1. The van der Waals surface area contributed by atoms with Crippen molar-refractivity contribution in [1.82, 2.24) is 10.3 Å². The van der Waals surface area contributed by atoms with Crippen LogP contribution in [0.25, 0.3) is 0 Å². The van der Waals surface area contributed by atoms with Gasteiger partial charge in [0.2, 0.25) is 0 Å². The molecule has 0 unspecified atom stereocenters. The molecule has 1 aromatic heterocycles. The normalized spacial score (nSPS) is 11.1.